The molecule has 5 rings (SSSR count). The predicted octanol–water partition coefficient (Wildman–Crippen LogP) is 5.35. The topological polar surface area (TPSA) is 126 Å². The van der Waals surface area contributed by atoms with Gasteiger partial charge in [-0.1, -0.05) is 11.2 Å². The van der Waals surface area contributed by atoms with E-state index >= 15 is 0 Å². The van der Waals surface area contributed by atoms with Crippen molar-refractivity contribution in [2.45, 2.75) is 50.9 Å². The third kappa shape index (κ3) is 6.25. The number of aryl methyl sites for hydroxylation is 1. The number of carbonyl (C=O) groups is 1. The van der Waals surface area contributed by atoms with Gasteiger partial charge in [0, 0.05) is 30.1 Å². The first-order chi connectivity index (χ1) is 18.6. The zero-order chi connectivity index (χ0) is 27.6. The largest absolute Gasteiger partial charge is 0.433 e. The van der Waals surface area contributed by atoms with Crippen molar-refractivity contribution in [1.82, 2.24) is 25.4 Å². The number of halogens is 3. The standard InChI is InChI=1S/C26H25F3N6O3S/c1-15-10-17(12-18(11-15)34-24-30-8-5-21(35-24)26(27,28)29)20-14-32-23(39-20)25(37)6-2-16(3-7-25)22(36)31-13-19-4-9-33-38-19/h4-5,8-12,14,16,37H,2-3,6-7,13H2,1H3,(H,31,36)(H,30,34,35). The summed E-state index contributed by atoms with van der Waals surface area (Å²) in [5.74, 6) is 0.110. The van der Waals surface area contributed by atoms with E-state index in [1.54, 1.807) is 24.4 Å². The lowest BCUT2D eigenvalue weighted by molar-refractivity contribution is -0.141. The van der Waals surface area contributed by atoms with Crippen LogP contribution in [0.15, 0.2) is 53.4 Å². The molecule has 9 nitrogen and oxygen atoms in total. The average molecular weight is 559 g/mol. The maximum absolute atomic E-state index is 13.0. The first-order valence-electron chi connectivity index (χ1n) is 12.2. The van der Waals surface area contributed by atoms with Gasteiger partial charge in [-0.05, 0) is 61.9 Å². The van der Waals surface area contributed by atoms with Crippen molar-refractivity contribution >= 4 is 28.9 Å². The molecule has 1 aromatic carbocycles. The third-order valence-electron chi connectivity index (χ3n) is 6.58. The molecular weight excluding hydrogens is 533 g/mol. The molecule has 3 N–H and O–H groups in total. The van der Waals surface area contributed by atoms with Crippen LogP contribution in [0.2, 0.25) is 0 Å². The summed E-state index contributed by atoms with van der Waals surface area (Å²) < 4.78 is 44.1. The van der Waals surface area contributed by atoms with E-state index in [9.17, 15) is 23.1 Å². The Hall–Kier alpha value is -3.84. The molecule has 39 heavy (non-hydrogen) atoms. The molecule has 3 heterocycles. The molecule has 204 valence electrons. The van der Waals surface area contributed by atoms with Crippen LogP contribution in [-0.4, -0.2) is 31.1 Å². The molecule has 3 aromatic heterocycles. The van der Waals surface area contributed by atoms with Crippen LogP contribution in [0, 0.1) is 12.8 Å². The molecule has 0 saturated heterocycles. The van der Waals surface area contributed by atoms with Gasteiger partial charge in [-0.2, -0.15) is 13.2 Å². The number of rotatable bonds is 7. The first kappa shape index (κ1) is 26.8. The summed E-state index contributed by atoms with van der Waals surface area (Å²) in [5.41, 5.74) is 0.0105. The molecule has 0 aliphatic heterocycles. The molecule has 13 heteroatoms. The van der Waals surface area contributed by atoms with E-state index in [0.717, 1.165) is 28.3 Å². The molecule has 0 unspecified atom stereocenters. The van der Waals surface area contributed by atoms with Gasteiger partial charge >= 0.3 is 6.18 Å². The van der Waals surface area contributed by atoms with Gasteiger partial charge in [0.25, 0.3) is 0 Å². The summed E-state index contributed by atoms with van der Waals surface area (Å²) in [6, 6.07) is 7.97. The summed E-state index contributed by atoms with van der Waals surface area (Å²) in [4.78, 5) is 25.3. The van der Waals surface area contributed by atoms with Gasteiger partial charge in [-0.3, -0.25) is 4.79 Å². The second-order valence-corrected chi connectivity index (χ2v) is 10.5. The number of benzene rings is 1. The number of hydrogen-bond donors (Lipinski definition) is 3. The maximum atomic E-state index is 13.0. The fourth-order valence-electron chi connectivity index (χ4n) is 4.55. The van der Waals surface area contributed by atoms with Crippen molar-refractivity contribution in [2.24, 2.45) is 5.92 Å². The quantitative estimate of drug-likeness (QED) is 0.277. The van der Waals surface area contributed by atoms with Crippen LogP contribution in [0.1, 0.15) is 47.7 Å². The molecule has 1 amide bonds. The Morgan fingerprint density at radius 3 is 2.69 bits per heavy atom. The number of carbonyl (C=O) groups excluding carboxylic acids is 1. The van der Waals surface area contributed by atoms with Gasteiger partial charge in [0.2, 0.25) is 11.9 Å². The highest BCUT2D eigenvalue weighted by atomic mass is 32.1. The molecule has 0 bridgehead atoms. The lowest BCUT2D eigenvalue weighted by Gasteiger charge is -2.33. The fraction of sp³-hybridized carbons (Fsp3) is 0.346. The van der Waals surface area contributed by atoms with E-state index in [2.05, 4.69) is 30.7 Å². The van der Waals surface area contributed by atoms with Gasteiger partial charge in [0.05, 0.1) is 17.6 Å². The van der Waals surface area contributed by atoms with Crippen molar-refractivity contribution in [3.8, 4) is 10.4 Å². The van der Waals surface area contributed by atoms with Crippen LogP contribution >= 0.6 is 11.3 Å². The molecule has 0 spiro atoms. The number of nitrogens with one attached hydrogen (secondary N) is 2. The second-order valence-electron chi connectivity index (χ2n) is 9.51. The Balaban J connectivity index is 1.25. The second kappa shape index (κ2) is 10.7. The van der Waals surface area contributed by atoms with Gasteiger partial charge in [0.1, 0.15) is 16.3 Å². The number of thiazole rings is 1. The molecule has 0 radical (unpaired) electrons. The average Bonchev–Trinajstić information content (AvgIpc) is 3.60. The number of aliphatic hydroxyl groups is 1. The van der Waals surface area contributed by atoms with E-state index in [-0.39, 0.29) is 24.3 Å². The summed E-state index contributed by atoms with van der Waals surface area (Å²) in [6.45, 7) is 2.13. The Morgan fingerprint density at radius 1 is 1.18 bits per heavy atom. The molecule has 1 aliphatic carbocycles. The zero-order valence-corrected chi connectivity index (χ0v) is 21.6. The number of amides is 1. The lowest BCUT2D eigenvalue weighted by atomic mass is 9.78. The van der Waals surface area contributed by atoms with Crippen LogP contribution in [-0.2, 0) is 23.1 Å². The summed E-state index contributed by atoms with van der Waals surface area (Å²) in [7, 11) is 0. The highest BCUT2D eigenvalue weighted by molar-refractivity contribution is 7.15. The molecule has 4 aromatic rings. The van der Waals surface area contributed by atoms with Crippen molar-refractivity contribution in [3.05, 3.63) is 70.9 Å². The van der Waals surface area contributed by atoms with E-state index in [4.69, 9.17) is 4.52 Å². The van der Waals surface area contributed by atoms with E-state index in [1.807, 2.05) is 13.0 Å². The number of aromatic nitrogens is 4. The van der Waals surface area contributed by atoms with Gasteiger partial charge in [-0.25, -0.2) is 15.0 Å². The van der Waals surface area contributed by atoms with Crippen LogP contribution in [0.5, 0.6) is 0 Å². The molecule has 1 fully saturated rings. The van der Waals surface area contributed by atoms with E-state index in [0.29, 0.717) is 42.1 Å². The normalized spacial score (nSPS) is 19.6. The summed E-state index contributed by atoms with van der Waals surface area (Å²) >= 11 is 1.35. The number of hydrogen-bond acceptors (Lipinski definition) is 9. The summed E-state index contributed by atoms with van der Waals surface area (Å²) in [6.07, 6.45) is 1.50. The molecular formula is C26H25F3N6O3S. The molecule has 1 saturated carbocycles. The van der Waals surface area contributed by atoms with Gasteiger partial charge in [0.15, 0.2) is 5.76 Å². The zero-order valence-electron chi connectivity index (χ0n) is 20.8. The lowest BCUT2D eigenvalue weighted by Crippen LogP contribution is -2.38. The van der Waals surface area contributed by atoms with Gasteiger partial charge < -0.3 is 20.3 Å². The van der Waals surface area contributed by atoms with Crippen LogP contribution in [0.3, 0.4) is 0 Å². The van der Waals surface area contributed by atoms with Crippen molar-refractivity contribution < 1.29 is 27.6 Å². The van der Waals surface area contributed by atoms with Crippen molar-refractivity contribution in [2.75, 3.05) is 5.32 Å². The van der Waals surface area contributed by atoms with E-state index < -0.39 is 17.5 Å². The molecule has 1 aliphatic rings. The minimum absolute atomic E-state index is 0.0854. The molecule has 0 atom stereocenters. The summed E-state index contributed by atoms with van der Waals surface area (Å²) in [5, 5.41) is 21.2. The van der Waals surface area contributed by atoms with Crippen LogP contribution in [0.25, 0.3) is 10.4 Å². The van der Waals surface area contributed by atoms with Crippen LogP contribution in [0.4, 0.5) is 24.8 Å². The highest BCUT2D eigenvalue weighted by Gasteiger charge is 2.39. The van der Waals surface area contributed by atoms with Crippen LogP contribution < -0.4 is 10.6 Å². The number of anilines is 2. The maximum Gasteiger partial charge on any atom is 0.433 e. The number of nitrogens with zero attached hydrogens (tertiary/aromatic N) is 4. The van der Waals surface area contributed by atoms with Gasteiger partial charge in [-0.15, -0.1) is 11.3 Å². The number of alkyl halides is 3. The fourth-order valence-corrected chi connectivity index (χ4v) is 5.60. The Bertz CT molecular complexity index is 1450. The Morgan fingerprint density at radius 2 is 1.97 bits per heavy atom. The monoisotopic (exact) mass is 558 g/mol. The Labute approximate surface area is 225 Å². The predicted molar refractivity (Wildman–Crippen MR) is 137 cm³/mol. The smallest absolute Gasteiger partial charge is 0.383 e. The Kier molecular flexibility index (Phi) is 7.36. The van der Waals surface area contributed by atoms with E-state index in [1.165, 1.54) is 17.5 Å². The third-order valence-corrected chi connectivity index (χ3v) is 7.82. The highest BCUT2D eigenvalue weighted by Crippen LogP contribution is 2.43. The minimum atomic E-state index is -4.57. The van der Waals surface area contributed by atoms with Crippen molar-refractivity contribution in [3.63, 3.8) is 0 Å². The minimum Gasteiger partial charge on any atom is -0.383 e. The first-order valence-corrected chi connectivity index (χ1v) is 13.1. The SMILES string of the molecule is Cc1cc(Nc2nccc(C(F)(F)F)n2)cc(-c2cnc(C3(O)CCC(C(=O)NCc4ccno4)CC3)s2)c1. The van der Waals surface area contributed by atoms with Crippen molar-refractivity contribution in [1.29, 1.82) is 0 Å².